The van der Waals surface area contributed by atoms with Gasteiger partial charge in [-0.2, -0.15) is 0 Å². The van der Waals surface area contributed by atoms with Gasteiger partial charge in [-0.3, -0.25) is 13.9 Å². The number of hydrogen-bond acceptors (Lipinski definition) is 6. The van der Waals surface area contributed by atoms with Crippen LogP contribution in [0.5, 0.6) is 11.5 Å². The molecule has 1 aliphatic carbocycles. The summed E-state index contributed by atoms with van der Waals surface area (Å²) in [6.07, 6.45) is 3.90. The highest BCUT2D eigenvalue weighted by molar-refractivity contribution is 7.92. The van der Waals surface area contributed by atoms with E-state index in [9.17, 15) is 18.0 Å². The first-order chi connectivity index (χ1) is 20.5. The van der Waals surface area contributed by atoms with Gasteiger partial charge in [-0.25, -0.2) is 8.42 Å². The second-order valence-corrected chi connectivity index (χ2v) is 12.9. The number of hydrogen-bond donors (Lipinski definition) is 1. The molecular formula is C32H38ClN3O6S. The molecule has 1 fully saturated rings. The quantitative estimate of drug-likeness (QED) is 0.291. The largest absolute Gasteiger partial charge is 0.493 e. The number of ether oxygens (including phenoxy) is 2. The summed E-state index contributed by atoms with van der Waals surface area (Å²) in [6, 6.07) is 17.3. The molecule has 230 valence electrons. The summed E-state index contributed by atoms with van der Waals surface area (Å²) in [5.74, 6) is -0.211. The van der Waals surface area contributed by atoms with Gasteiger partial charge in [0, 0.05) is 23.7 Å². The lowest BCUT2D eigenvalue weighted by molar-refractivity contribution is -0.139. The zero-order valence-corrected chi connectivity index (χ0v) is 26.5. The average Bonchev–Trinajstić information content (AvgIpc) is 3.52. The zero-order chi connectivity index (χ0) is 31.1. The molecule has 0 radical (unpaired) electrons. The first-order valence-corrected chi connectivity index (χ1v) is 16.0. The van der Waals surface area contributed by atoms with E-state index in [0.29, 0.717) is 10.8 Å². The second-order valence-electron chi connectivity index (χ2n) is 10.6. The molecule has 3 aromatic rings. The lowest BCUT2D eigenvalue weighted by atomic mass is 10.1. The molecule has 0 aliphatic heterocycles. The van der Waals surface area contributed by atoms with Gasteiger partial charge in [0.05, 0.1) is 24.8 Å². The summed E-state index contributed by atoms with van der Waals surface area (Å²) in [5, 5.41) is 3.49. The first-order valence-electron chi connectivity index (χ1n) is 14.2. The van der Waals surface area contributed by atoms with E-state index in [1.165, 1.54) is 49.5 Å². The van der Waals surface area contributed by atoms with E-state index < -0.39 is 28.5 Å². The van der Waals surface area contributed by atoms with Gasteiger partial charge in [-0.05, 0) is 74.2 Å². The average molecular weight is 628 g/mol. The van der Waals surface area contributed by atoms with Crippen molar-refractivity contribution in [3.63, 3.8) is 0 Å². The first kappa shape index (κ1) is 32.2. The van der Waals surface area contributed by atoms with Crippen molar-refractivity contribution in [2.75, 3.05) is 25.1 Å². The topological polar surface area (TPSA) is 105 Å². The third-order valence-corrected chi connectivity index (χ3v) is 9.83. The Morgan fingerprint density at radius 2 is 1.63 bits per heavy atom. The van der Waals surface area contributed by atoms with Crippen LogP contribution in [0.2, 0.25) is 5.02 Å². The summed E-state index contributed by atoms with van der Waals surface area (Å²) in [7, 11) is -1.42. The van der Waals surface area contributed by atoms with Gasteiger partial charge in [-0.15, -0.1) is 0 Å². The number of carbonyl (C=O) groups excluding carboxylic acids is 2. The third-order valence-electron chi connectivity index (χ3n) is 7.81. The van der Waals surface area contributed by atoms with E-state index >= 15 is 0 Å². The van der Waals surface area contributed by atoms with E-state index in [1.54, 1.807) is 19.1 Å². The van der Waals surface area contributed by atoms with Crippen LogP contribution < -0.4 is 19.1 Å². The van der Waals surface area contributed by atoms with Crippen molar-refractivity contribution in [2.24, 2.45) is 0 Å². The third kappa shape index (κ3) is 7.61. The van der Waals surface area contributed by atoms with Gasteiger partial charge in [0.2, 0.25) is 11.8 Å². The van der Waals surface area contributed by atoms with E-state index in [4.69, 9.17) is 21.1 Å². The number of carbonyl (C=O) groups is 2. The highest BCUT2D eigenvalue weighted by Crippen LogP contribution is 2.33. The molecule has 3 aromatic carbocycles. The van der Waals surface area contributed by atoms with Crippen LogP contribution in [0.15, 0.2) is 71.6 Å². The maximum atomic E-state index is 14.2. The van der Waals surface area contributed by atoms with E-state index in [1.807, 2.05) is 31.2 Å². The lowest BCUT2D eigenvalue weighted by Gasteiger charge is -2.33. The summed E-state index contributed by atoms with van der Waals surface area (Å²) >= 11 is 6.11. The molecule has 43 heavy (non-hydrogen) atoms. The van der Waals surface area contributed by atoms with Crippen molar-refractivity contribution >= 4 is 39.1 Å². The summed E-state index contributed by atoms with van der Waals surface area (Å²) in [5.41, 5.74) is 2.06. The monoisotopic (exact) mass is 627 g/mol. The molecule has 0 bridgehead atoms. The molecule has 11 heteroatoms. The number of halogens is 1. The molecule has 0 spiro atoms. The van der Waals surface area contributed by atoms with Crippen LogP contribution in [0.4, 0.5) is 5.69 Å². The maximum Gasteiger partial charge on any atom is 0.264 e. The molecule has 0 heterocycles. The number of nitrogens with zero attached hydrogens (tertiary/aromatic N) is 2. The normalized spacial score (nSPS) is 14.2. The Labute approximate surface area is 258 Å². The number of sulfonamides is 1. The Morgan fingerprint density at radius 1 is 0.977 bits per heavy atom. The van der Waals surface area contributed by atoms with E-state index in [-0.39, 0.29) is 34.8 Å². The van der Waals surface area contributed by atoms with Crippen LogP contribution in [0.1, 0.15) is 43.7 Å². The molecule has 0 aromatic heterocycles. The van der Waals surface area contributed by atoms with E-state index in [0.717, 1.165) is 41.1 Å². The Kier molecular flexibility index (Phi) is 10.6. The van der Waals surface area contributed by atoms with Gasteiger partial charge in [0.1, 0.15) is 12.6 Å². The fourth-order valence-corrected chi connectivity index (χ4v) is 6.74. The van der Waals surface area contributed by atoms with Gasteiger partial charge in [-0.1, -0.05) is 48.7 Å². The molecule has 0 unspecified atom stereocenters. The summed E-state index contributed by atoms with van der Waals surface area (Å²) < 4.78 is 39.9. The van der Waals surface area contributed by atoms with Gasteiger partial charge < -0.3 is 19.7 Å². The van der Waals surface area contributed by atoms with Crippen molar-refractivity contribution in [1.82, 2.24) is 10.2 Å². The smallest absolute Gasteiger partial charge is 0.264 e. The van der Waals surface area contributed by atoms with Crippen LogP contribution >= 0.6 is 11.6 Å². The van der Waals surface area contributed by atoms with Crippen LogP contribution in [0.25, 0.3) is 0 Å². The summed E-state index contributed by atoms with van der Waals surface area (Å²) in [6.45, 7) is 3.19. The second kappa shape index (κ2) is 14.1. The Balaban J connectivity index is 1.72. The van der Waals surface area contributed by atoms with Crippen molar-refractivity contribution < 1.29 is 27.5 Å². The molecule has 1 aliphatic rings. The Hall–Kier alpha value is -3.76. The molecule has 1 atom stereocenters. The predicted molar refractivity (Wildman–Crippen MR) is 167 cm³/mol. The predicted octanol–water partition coefficient (Wildman–Crippen LogP) is 5.34. The minimum Gasteiger partial charge on any atom is -0.493 e. The number of nitrogens with one attached hydrogen (secondary N) is 1. The fraction of sp³-hybridized carbons (Fsp3) is 0.375. The maximum absolute atomic E-state index is 14.2. The van der Waals surface area contributed by atoms with Gasteiger partial charge in [0.15, 0.2) is 11.5 Å². The van der Waals surface area contributed by atoms with Crippen LogP contribution in [0, 0.1) is 6.92 Å². The molecule has 4 rings (SSSR count). The zero-order valence-electron chi connectivity index (χ0n) is 24.9. The van der Waals surface area contributed by atoms with Crippen LogP contribution in [-0.2, 0) is 26.2 Å². The lowest BCUT2D eigenvalue weighted by Crippen LogP contribution is -2.52. The molecule has 0 saturated heterocycles. The molecule has 9 nitrogen and oxygen atoms in total. The highest BCUT2D eigenvalue weighted by atomic mass is 35.5. The number of aryl methyl sites for hydroxylation is 1. The fourth-order valence-electron chi connectivity index (χ4n) is 5.19. The molecular weight excluding hydrogens is 590 g/mol. The molecule has 2 amide bonds. The van der Waals surface area contributed by atoms with Gasteiger partial charge >= 0.3 is 0 Å². The SMILES string of the molecule is COc1ccc(S(=O)(=O)N(CC(=O)N(Cc2ccccc2C)[C@H](C)C(=O)NC2CCCC2)c2ccc(Cl)cc2)cc1OC. The minimum atomic E-state index is -4.29. The van der Waals surface area contributed by atoms with Gasteiger partial charge in [0.25, 0.3) is 10.0 Å². The van der Waals surface area contributed by atoms with Crippen molar-refractivity contribution in [3.05, 3.63) is 82.9 Å². The standard InChI is InChI=1S/C32H38ClN3O6S/c1-22-9-5-6-10-24(22)20-35(23(2)32(38)34-26-11-7-8-12-26)31(37)21-36(27-15-13-25(33)14-16-27)43(39,40)28-17-18-29(41-3)30(19-28)42-4/h5-6,9-10,13-19,23,26H,7-8,11-12,20-21H2,1-4H3,(H,34,38)/t23-/m1/s1. The van der Waals surface area contributed by atoms with Crippen molar-refractivity contribution in [3.8, 4) is 11.5 Å². The molecule has 1 N–H and O–H groups in total. The summed E-state index contributed by atoms with van der Waals surface area (Å²) in [4.78, 5) is 28.9. The minimum absolute atomic E-state index is 0.0707. The van der Waals surface area contributed by atoms with Crippen molar-refractivity contribution in [2.45, 2.75) is 63.1 Å². The number of rotatable bonds is 12. The van der Waals surface area contributed by atoms with Crippen LogP contribution in [0.3, 0.4) is 0 Å². The Bertz CT molecular complexity index is 1540. The number of anilines is 1. The van der Waals surface area contributed by atoms with E-state index in [2.05, 4.69) is 5.32 Å². The number of amides is 2. The van der Waals surface area contributed by atoms with Crippen LogP contribution in [-0.4, -0.2) is 58.0 Å². The highest BCUT2D eigenvalue weighted by Gasteiger charge is 2.34. The number of benzene rings is 3. The molecule has 1 saturated carbocycles. The Morgan fingerprint density at radius 3 is 2.26 bits per heavy atom. The number of methoxy groups -OCH3 is 2. The van der Waals surface area contributed by atoms with Crippen molar-refractivity contribution in [1.29, 1.82) is 0 Å².